The van der Waals surface area contributed by atoms with Crippen molar-refractivity contribution in [1.29, 1.82) is 0 Å². The summed E-state index contributed by atoms with van der Waals surface area (Å²) in [6.45, 7) is 0. The number of anilines is 1. The van der Waals surface area contributed by atoms with E-state index in [1.54, 1.807) is 0 Å². The smallest absolute Gasteiger partial charge is 0.238 e. The summed E-state index contributed by atoms with van der Waals surface area (Å²) in [5, 5.41) is 19.3. The molecule has 8 nitrogen and oxygen atoms in total. The van der Waals surface area contributed by atoms with Crippen LogP contribution in [0.1, 0.15) is 0 Å². The lowest BCUT2D eigenvalue weighted by atomic mass is 10.2. The summed E-state index contributed by atoms with van der Waals surface area (Å²) in [5.41, 5.74) is 2.35. The average molecular weight is 480 g/mol. The van der Waals surface area contributed by atoms with Crippen LogP contribution >= 0.6 is 34.7 Å². The Morgan fingerprint density at radius 3 is 2.50 bits per heavy atom. The molecular formula is C18H14ClN5O3S3. The Balaban J connectivity index is 1.46. The van der Waals surface area contributed by atoms with E-state index < -0.39 is 10.0 Å². The van der Waals surface area contributed by atoms with Crippen molar-refractivity contribution in [2.75, 3.05) is 11.1 Å². The van der Waals surface area contributed by atoms with Crippen LogP contribution in [0.3, 0.4) is 0 Å². The van der Waals surface area contributed by atoms with E-state index in [0.29, 0.717) is 15.9 Å². The van der Waals surface area contributed by atoms with Gasteiger partial charge in [-0.05, 0) is 42.0 Å². The normalized spacial score (nSPS) is 11.7. The number of nitrogens with two attached hydrogens (primary N) is 1. The number of hydrogen-bond donors (Lipinski definition) is 2. The van der Waals surface area contributed by atoms with Crippen LogP contribution in [0.4, 0.5) is 5.69 Å². The lowest BCUT2D eigenvalue weighted by molar-refractivity contribution is -0.113. The van der Waals surface area contributed by atoms with Gasteiger partial charge in [0.25, 0.3) is 0 Å². The van der Waals surface area contributed by atoms with Crippen LogP contribution in [0.2, 0.25) is 5.02 Å². The van der Waals surface area contributed by atoms with Crippen molar-refractivity contribution in [3.63, 3.8) is 0 Å². The van der Waals surface area contributed by atoms with Crippen LogP contribution in [0.15, 0.2) is 64.0 Å². The fourth-order valence-corrected chi connectivity index (χ4v) is 4.95. The Morgan fingerprint density at radius 1 is 1.13 bits per heavy atom. The second-order valence-corrected chi connectivity index (χ2v) is 9.91. The molecule has 12 heteroatoms. The minimum Gasteiger partial charge on any atom is -0.325 e. The van der Waals surface area contributed by atoms with Gasteiger partial charge in [0.15, 0.2) is 5.16 Å². The van der Waals surface area contributed by atoms with Gasteiger partial charge in [-0.1, -0.05) is 35.5 Å². The topological polar surface area (TPSA) is 119 Å². The first-order chi connectivity index (χ1) is 14.3. The molecule has 0 bridgehead atoms. The molecule has 0 spiro atoms. The first kappa shape index (κ1) is 20.8. The maximum Gasteiger partial charge on any atom is 0.238 e. The monoisotopic (exact) mass is 479 g/mol. The molecule has 0 saturated heterocycles. The molecule has 0 radical (unpaired) electrons. The molecule has 4 aromatic rings. The molecule has 0 aliphatic carbocycles. The van der Waals surface area contributed by atoms with Gasteiger partial charge < -0.3 is 5.32 Å². The minimum atomic E-state index is -3.77. The summed E-state index contributed by atoms with van der Waals surface area (Å²) in [4.78, 5) is 13.0. The quantitative estimate of drug-likeness (QED) is 0.408. The third-order valence-corrected chi connectivity index (χ3v) is 6.99. The molecule has 0 atom stereocenters. The van der Waals surface area contributed by atoms with Crippen LogP contribution in [0.25, 0.3) is 16.2 Å². The number of carbonyl (C=O) groups excluding carboxylic acids is 1. The number of halogens is 1. The fraction of sp³-hybridized carbons (Fsp3) is 0.0556. The molecular weight excluding hydrogens is 466 g/mol. The lowest BCUT2D eigenvalue weighted by Gasteiger charge is -2.06. The largest absolute Gasteiger partial charge is 0.325 e. The molecule has 30 heavy (non-hydrogen) atoms. The number of nitrogens with zero attached hydrogens (tertiary/aromatic N) is 3. The molecule has 3 N–H and O–H groups in total. The second-order valence-electron chi connectivity index (χ2n) is 6.13. The summed E-state index contributed by atoms with van der Waals surface area (Å²) < 4.78 is 24.5. The van der Waals surface area contributed by atoms with Gasteiger partial charge in [0, 0.05) is 16.1 Å². The second kappa shape index (κ2) is 8.36. The maximum absolute atomic E-state index is 12.3. The van der Waals surface area contributed by atoms with E-state index in [-0.39, 0.29) is 16.6 Å². The van der Waals surface area contributed by atoms with Crippen molar-refractivity contribution in [1.82, 2.24) is 14.6 Å². The van der Waals surface area contributed by atoms with E-state index in [4.69, 9.17) is 16.7 Å². The van der Waals surface area contributed by atoms with Crippen LogP contribution in [-0.4, -0.2) is 34.7 Å². The predicted molar refractivity (Wildman–Crippen MR) is 118 cm³/mol. The van der Waals surface area contributed by atoms with Crippen molar-refractivity contribution in [3.05, 3.63) is 58.9 Å². The number of fused-ring (bicyclic) bond motifs is 1. The molecule has 0 unspecified atom stereocenters. The Bertz CT molecular complexity index is 1320. The number of thioether (sulfide) groups is 1. The fourth-order valence-electron chi connectivity index (χ4n) is 2.67. The van der Waals surface area contributed by atoms with Gasteiger partial charge in [-0.2, -0.15) is 0 Å². The van der Waals surface area contributed by atoms with E-state index in [1.807, 2.05) is 34.0 Å². The minimum absolute atomic E-state index is 0.0205. The highest BCUT2D eigenvalue weighted by Crippen LogP contribution is 2.30. The number of aromatic nitrogens is 3. The standard InChI is InChI=1S/C18H14ClN5O3S3/c19-12-3-1-11(2-4-12)15-9-28-17-22-23-18(24(15)17)29-10-16(25)21-13-5-7-14(8-6-13)30(20,26)27/h1-9H,10H2,(H,21,25)(H2,20,26,27). The Labute approximate surface area is 185 Å². The third-order valence-electron chi connectivity index (χ3n) is 4.06. The van der Waals surface area contributed by atoms with Crippen molar-refractivity contribution < 1.29 is 13.2 Å². The number of primary sulfonamides is 1. The number of carbonyl (C=O) groups is 1. The number of rotatable bonds is 6. The SMILES string of the molecule is NS(=O)(=O)c1ccc(NC(=O)CSc2nnc3scc(-c4ccc(Cl)cc4)n23)cc1. The predicted octanol–water partition coefficient (Wildman–Crippen LogP) is 3.49. The third kappa shape index (κ3) is 4.50. The molecule has 2 heterocycles. The van der Waals surface area contributed by atoms with Crippen molar-refractivity contribution in [3.8, 4) is 11.3 Å². The summed E-state index contributed by atoms with van der Waals surface area (Å²) in [7, 11) is -3.77. The van der Waals surface area contributed by atoms with E-state index in [0.717, 1.165) is 16.2 Å². The number of amides is 1. The van der Waals surface area contributed by atoms with Gasteiger partial charge in [-0.25, -0.2) is 13.6 Å². The first-order valence-corrected chi connectivity index (χ1v) is 12.2. The zero-order valence-corrected chi connectivity index (χ0v) is 18.4. The van der Waals surface area contributed by atoms with Gasteiger partial charge in [-0.15, -0.1) is 21.5 Å². The lowest BCUT2D eigenvalue weighted by Crippen LogP contribution is -2.15. The molecule has 4 rings (SSSR count). The molecule has 0 saturated carbocycles. The number of sulfonamides is 1. The zero-order chi connectivity index (χ0) is 21.3. The first-order valence-electron chi connectivity index (χ1n) is 8.45. The highest BCUT2D eigenvalue weighted by Gasteiger charge is 2.15. The highest BCUT2D eigenvalue weighted by atomic mass is 35.5. The zero-order valence-electron chi connectivity index (χ0n) is 15.1. The number of hydrogen-bond acceptors (Lipinski definition) is 7. The molecule has 0 aliphatic rings. The summed E-state index contributed by atoms with van der Waals surface area (Å²) in [6, 6.07) is 13.1. The molecule has 0 fully saturated rings. The Morgan fingerprint density at radius 2 is 1.83 bits per heavy atom. The molecule has 0 aliphatic heterocycles. The number of benzene rings is 2. The Hall–Kier alpha value is -2.44. The van der Waals surface area contributed by atoms with Gasteiger partial charge >= 0.3 is 0 Å². The van der Waals surface area contributed by atoms with E-state index in [2.05, 4.69) is 15.5 Å². The maximum atomic E-state index is 12.3. The summed E-state index contributed by atoms with van der Waals surface area (Å²) in [5.74, 6) is -0.156. The van der Waals surface area contributed by atoms with Gasteiger partial charge in [0.05, 0.1) is 16.3 Å². The number of thiazole rings is 1. The van der Waals surface area contributed by atoms with Crippen LogP contribution < -0.4 is 10.5 Å². The average Bonchev–Trinajstić information content (AvgIpc) is 3.29. The van der Waals surface area contributed by atoms with Crippen LogP contribution in [0, 0.1) is 0 Å². The molecule has 1 amide bonds. The Kier molecular flexibility index (Phi) is 5.80. The highest BCUT2D eigenvalue weighted by molar-refractivity contribution is 7.99. The number of nitrogens with one attached hydrogen (secondary N) is 1. The van der Waals surface area contributed by atoms with Gasteiger partial charge in [0.2, 0.25) is 20.9 Å². The van der Waals surface area contributed by atoms with Crippen molar-refractivity contribution >= 4 is 61.3 Å². The van der Waals surface area contributed by atoms with Gasteiger partial charge in [-0.3, -0.25) is 9.20 Å². The van der Waals surface area contributed by atoms with Crippen LogP contribution in [-0.2, 0) is 14.8 Å². The van der Waals surface area contributed by atoms with Gasteiger partial charge in [0.1, 0.15) is 0 Å². The van der Waals surface area contributed by atoms with E-state index >= 15 is 0 Å². The molecule has 2 aromatic carbocycles. The van der Waals surface area contributed by atoms with Crippen molar-refractivity contribution in [2.24, 2.45) is 5.14 Å². The molecule has 2 aromatic heterocycles. The summed E-state index contributed by atoms with van der Waals surface area (Å²) >= 11 is 8.68. The molecule has 154 valence electrons. The van der Waals surface area contributed by atoms with Crippen molar-refractivity contribution in [2.45, 2.75) is 10.1 Å². The van der Waals surface area contributed by atoms with E-state index in [9.17, 15) is 13.2 Å². The van der Waals surface area contributed by atoms with E-state index in [1.165, 1.54) is 47.4 Å². The summed E-state index contributed by atoms with van der Waals surface area (Å²) in [6.07, 6.45) is 0. The van der Waals surface area contributed by atoms with Crippen LogP contribution in [0.5, 0.6) is 0 Å².